The van der Waals surface area contributed by atoms with Crippen molar-refractivity contribution < 1.29 is 9.53 Å². The molecule has 0 saturated carbocycles. The Hall–Kier alpha value is -4.38. The van der Waals surface area contributed by atoms with Gasteiger partial charge in [-0.3, -0.25) is 9.78 Å². The molecule has 1 atom stereocenters. The Kier molecular flexibility index (Phi) is 5.74. The molecule has 3 aromatic carbocycles. The molecule has 0 bridgehead atoms. The van der Waals surface area contributed by atoms with Gasteiger partial charge in [-0.05, 0) is 60.7 Å². The van der Waals surface area contributed by atoms with Gasteiger partial charge in [0, 0.05) is 18.0 Å². The van der Waals surface area contributed by atoms with Crippen molar-refractivity contribution in [2.45, 2.75) is 31.1 Å². The lowest BCUT2D eigenvalue weighted by Gasteiger charge is -2.30. The van der Waals surface area contributed by atoms with Crippen molar-refractivity contribution in [1.29, 1.82) is 0 Å². The average Bonchev–Trinajstić information content (AvgIpc) is 3.20. The summed E-state index contributed by atoms with van der Waals surface area (Å²) in [6, 6.07) is 31.6. The van der Waals surface area contributed by atoms with Crippen LogP contribution >= 0.6 is 0 Å². The van der Waals surface area contributed by atoms with Crippen LogP contribution < -0.4 is 4.74 Å². The number of aromatic nitrogens is 3. The second-order valence-corrected chi connectivity index (χ2v) is 9.16. The van der Waals surface area contributed by atoms with Crippen molar-refractivity contribution in [3.63, 3.8) is 0 Å². The molecule has 0 saturated heterocycles. The Morgan fingerprint density at radius 2 is 1.42 bits per heavy atom. The monoisotopic (exact) mass is 471 g/mol. The third-order valence-electron chi connectivity index (χ3n) is 6.99. The Balaban J connectivity index is 1.42. The number of fused-ring (bicyclic) bond motifs is 4. The molecule has 176 valence electrons. The van der Waals surface area contributed by atoms with Gasteiger partial charge in [0.05, 0.1) is 22.4 Å². The zero-order chi connectivity index (χ0) is 24.4. The van der Waals surface area contributed by atoms with Gasteiger partial charge in [-0.2, -0.15) is 0 Å². The number of carbonyl (C=O) groups excluding carboxylic acids is 1. The minimum Gasteiger partial charge on any atom is -0.427 e. The van der Waals surface area contributed by atoms with E-state index >= 15 is 0 Å². The van der Waals surface area contributed by atoms with Crippen LogP contribution in [0.5, 0.6) is 5.75 Å². The van der Waals surface area contributed by atoms with Crippen molar-refractivity contribution in [1.82, 2.24) is 15.0 Å². The van der Waals surface area contributed by atoms with E-state index < -0.39 is 5.41 Å². The third kappa shape index (κ3) is 4.03. The predicted octanol–water partition coefficient (Wildman–Crippen LogP) is 6.31. The summed E-state index contributed by atoms with van der Waals surface area (Å²) in [5.74, 6) is 0.299. The quantitative estimate of drug-likeness (QED) is 0.206. The van der Waals surface area contributed by atoms with E-state index in [4.69, 9.17) is 19.7 Å². The summed E-state index contributed by atoms with van der Waals surface area (Å²) in [5.41, 5.74) is 6.09. The minimum absolute atomic E-state index is 0.256. The molecule has 0 spiro atoms. The van der Waals surface area contributed by atoms with E-state index in [0.29, 0.717) is 12.2 Å². The standard InChI is InChI=1S/C31H25N3O2/c35-27(36-23-12-5-2-6-13-23)18-20-31(19-17-22-10-3-1-4-11-22)24-14-9-21-32-28(24)29-30(31)34-26-16-8-7-15-25(26)33-29/h1-16,21H,17-20H2. The number of esters is 1. The lowest BCUT2D eigenvalue weighted by molar-refractivity contribution is -0.134. The van der Waals surface area contributed by atoms with Gasteiger partial charge < -0.3 is 4.74 Å². The number of rotatable bonds is 7. The Morgan fingerprint density at radius 3 is 2.19 bits per heavy atom. The van der Waals surface area contributed by atoms with Gasteiger partial charge in [0.25, 0.3) is 0 Å². The molecule has 0 fully saturated rings. The fraction of sp³-hybridized carbons (Fsp3) is 0.161. The molecule has 1 aliphatic rings. The summed E-state index contributed by atoms with van der Waals surface area (Å²) < 4.78 is 5.64. The highest BCUT2D eigenvalue weighted by atomic mass is 16.5. The molecule has 5 nitrogen and oxygen atoms in total. The molecule has 5 aromatic rings. The zero-order valence-corrected chi connectivity index (χ0v) is 19.8. The first-order valence-electron chi connectivity index (χ1n) is 12.3. The van der Waals surface area contributed by atoms with E-state index in [1.807, 2.05) is 54.6 Å². The van der Waals surface area contributed by atoms with Crippen LogP contribution in [-0.2, 0) is 16.6 Å². The van der Waals surface area contributed by atoms with Crippen LogP contribution in [0.3, 0.4) is 0 Å². The first-order valence-corrected chi connectivity index (χ1v) is 12.3. The van der Waals surface area contributed by atoms with Crippen molar-refractivity contribution >= 4 is 17.0 Å². The van der Waals surface area contributed by atoms with Crippen LogP contribution in [0.2, 0.25) is 0 Å². The maximum absolute atomic E-state index is 12.9. The van der Waals surface area contributed by atoms with Crippen molar-refractivity contribution in [3.8, 4) is 17.1 Å². The average molecular weight is 472 g/mol. The van der Waals surface area contributed by atoms with Crippen molar-refractivity contribution in [3.05, 3.63) is 120 Å². The van der Waals surface area contributed by atoms with E-state index in [1.165, 1.54) is 5.56 Å². The number of ether oxygens (including phenoxy) is 1. The molecule has 1 unspecified atom stereocenters. The summed E-state index contributed by atoms with van der Waals surface area (Å²) in [6.07, 6.45) is 4.25. The second-order valence-electron chi connectivity index (χ2n) is 9.16. The van der Waals surface area contributed by atoms with Gasteiger partial charge in [0.15, 0.2) is 0 Å². The summed E-state index contributed by atoms with van der Waals surface area (Å²) >= 11 is 0. The molecule has 2 aromatic heterocycles. The van der Waals surface area contributed by atoms with E-state index in [2.05, 4.69) is 30.3 Å². The second kappa shape index (κ2) is 9.34. The van der Waals surface area contributed by atoms with Gasteiger partial charge in [0.1, 0.15) is 11.4 Å². The molecule has 0 amide bonds. The number of aryl methyl sites for hydroxylation is 1. The largest absolute Gasteiger partial charge is 0.427 e. The molecular formula is C31H25N3O2. The van der Waals surface area contributed by atoms with Crippen LogP contribution in [0.15, 0.2) is 103 Å². The number of carbonyl (C=O) groups is 1. The Morgan fingerprint density at radius 1 is 0.722 bits per heavy atom. The fourth-order valence-corrected chi connectivity index (χ4v) is 5.23. The Bertz CT molecular complexity index is 1540. The number of hydrogen-bond donors (Lipinski definition) is 0. The number of hydrogen-bond acceptors (Lipinski definition) is 5. The van der Waals surface area contributed by atoms with Gasteiger partial charge in [-0.25, -0.2) is 9.97 Å². The van der Waals surface area contributed by atoms with Gasteiger partial charge >= 0.3 is 5.97 Å². The molecule has 1 aliphatic carbocycles. The van der Waals surface area contributed by atoms with Crippen LogP contribution in [0.1, 0.15) is 36.1 Å². The van der Waals surface area contributed by atoms with E-state index in [-0.39, 0.29) is 12.4 Å². The first-order chi connectivity index (χ1) is 17.7. The van der Waals surface area contributed by atoms with Crippen LogP contribution in [0, 0.1) is 0 Å². The maximum atomic E-state index is 12.9. The molecule has 0 N–H and O–H groups in total. The minimum atomic E-state index is -0.499. The number of benzene rings is 3. The van der Waals surface area contributed by atoms with Crippen LogP contribution in [-0.4, -0.2) is 20.9 Å². The normalized spacial score (nSPS) is 15.9. The molecule has 2 heterocycles. The zero-order valence-electron chi connectivity index (χ0n) is 19.8. The molecular weight excluding hydrogens is 446 g/mol. The SMILES string of the molecule is O=C(CCC1(CCc2ccccc2)c2cccnc2-c2nc3ccccc3nc21)Oc1ccccc1. The molecule has 5 heteroatoms. The third-order valence-corrected chi connectivity index (χ3v) is 6.99. The summed E-state index contributed by atoms with van der Waals surface area (Å²) in [5, 5.41) is 0. The topological polar surface area (TPSA) is 65.0 Å². The maximum Gasteiger partial charge on any atom is 0.311 e. The van der Waals surface area contributed by atoms with Gasteiger partial charge in [-0.1, -0.05) is 66.7 Å². The van der Waals surface area contributed by atoms with Crippen LogP contribution in [0.4, 0.5) is 0 Å². The van der Waals surface area contributed by atoms with E-state index in [9.17, 15) is 4.79 Å². The Labute approximate surface area is 209 Å². The van der Waals surface area contributed by atoms with Gasteiger partial charge in [0.2, 0.25) is 0 Å². The highest BCUT2D eigenvalue weighted by Gasteiger charge is 2.46. The summed E-state index contributed by atoms with van der Waals surface area (Å²) in [4.78, 5) is 27.8. The number of pyridine rings is 1. The lowest BCUT2D eigenvalue weighted by atomic mass is 9.73. The highest BCUT2D eigenvalue weighted by molar-refractivity contribution is 5.83. The summed E-state index contributed by atoms with van der Waals surface area (Å²) in [6.45, 7) is 0. The number of para-hydroxylation sites is 3. The fourth-order valence-electron chi connectivity index (χ4n) is 5.23. The van der Waals surface area contributed by atoms with Crippen molar-refractivity contribution in [2.75, 3.05) is 0 Å². The molecule has 0 radical (unpaired) electrons. The van der Waals surface area contributed by atoms with E-state index in [0.717, 1.165) is 46.5 Å². The summed E-state index contributed by atoms with van der Waals surface area (Å²) in [7, 11) is 0. The number of nitrogens with zero attached hydrogens (tertiary/aromatic N) is 3. The lowest BCUT2D eigenvalue weighted by Crippen LogP contribution is -2.29. The molecule has 6 rings (SSSR count). The van der Waals surface area contributed by atoms with Crippen molar-refractivity contribution in [2.24, 2.45) is 0 Å². The van der Waals surface area contributed by atoms with E-state index in [1.54, 1.807) is 18.3 Å². The van der Waals surface area contributed by atoms with Gasteiger partial charge in [-0.15, -0.1) is 0 Å². The van der Waals surface area contributed by atoms with Crippen LogP contribution in [0.25, 0.3) is 22.4 Å². The predicted molar refractivity (Wildman–Crippen MR) is 140 cm³/mol. The first kappa shape index (κ1) is 22.1. The smallest absolute Gasteiger partial charge is 0.311 e. The molecule has 36 heavy (non-hydrogen) atoms. The highest BCUT2D eigenvalue weighted by Crippen LogP contribution is 2.51. The molecule has 0 aliphatic heterocycles.